The first-order valence-corrected chi connectivity index (χ1v) is 10.1. The van der Waals surface area contributed by atoms with Crippen LogP contribution in [0, 0.1) is 0 Å². The Morgan fingerprint density at radius 1 is 1.24 bits per heavy atom. The van der Waals surface area contributed by atoms with Crippen molar-refractivity contribution < 1.29 is 13.9 Å². The highest BCUT2D eigenvalue weighted by Crippen LogP contribution is 2.30. The predicted molar refractivity (Wildman–Crippen MR) is 110 cm³/mol. The highest BCUT2D eigenvalue weighted by Gasteiger charge is 2.44. The first kappa shape index (κ1) is 21.1. The Kier molecular flexibility index (Phi) is 7.09. The summed E-state index contributed by atoms with van der Waals surface area (Å²) < 4.78 is 21.3. The van der Waals surface area contributed by atoms with Gasteiger partial charge in [0.15, 0.2) is 5.67 Å². The monoisotopic (exact) mass is 403 g/mol. The molecule has 7 nitrogen and oxygen atoms in total. The highest BCUT2D eigenvalue weighted by molar-refractivity contribution is 5.85. The van der Waals surface area contributed by atoms with Gasteiger partial charge in [-0.05, 0) is 30.1 Å². The van der Waals surface area contributed by atoms with Gasteiger partial charge in [-0.3, -0.25) is 9.69 Å². The van der Waals surface area contributed by atoms with Crippen LogP contribution in [0.25, 0.3) is 0 Å². The molecule has 0 aromatic carbocycles. The van der Waals surface area contributed by atoms with E-state index in [-0.39, 0.29) is 24.9 Å². The Hall–Kier alpha value is -2.61. The molecule has 0 atom stereocenters. The molecule has 2 saturated heterocycles. The molecule has 3 heterocycles. The molecular weight excluding hydrogens is 373 g/mol. The number of halogens is 1. The molecule has 158 valence electrons. The van der Waals surface area contributed by atoms with Gasteiger partial charge in [0.05, 0.1) is 0 Å². The van der Waals surface area contributed by atoms with Gasteiger partial charge < -0.3 is 21.1 Å². The fourth-order valence-electron chi connectivity index (χ4n) is 3.87. The number of hydrogen-bond acceptors (Lipinski definition) is 6. The van der Waals surface area contributed by atoms with Gasteiger partial charge in [0, 0.05) is 70.7 Å². The van der Waals surface area contributed by atoms with E-state index in [9.17, 15) is 4.79 Å². The van der Waals surface area contributed by atoms with E-state index in [0.717, 1.165) is 5.57 Å². The Bertz CT molecular complexity index is 724. The summed E-state index contributed by atoms with van der Waals surface area (Å²) >= 11 is 0. The van der Waals surface area contributed by atoms with Crippen molar-refractivity contribution in [2.24, 2.45) is 11.5 Å². The van der Waals surface area contributed by atoms with Gasteiger partial charge in [0.2, 0.25) is 5.88 Å². The summed E-state index contributed by atoms with van der Waals surface area (Å²) in [6, 6.07) is 5.53. The number of carbonyl (C=O) groups is 1. The second-order valence-corrected chi connectivity index (χ2v) is 7.62. The molecule has 29 heavy (non-hydrogen) atoms. The Morgan fingerprint density at radius 2 is 1.97 bits per heavy atom. The van der Waals surface area contributed by atoms with E-state index in [1.807, 2.05) is 18.2 Å². The lowest BCUT2D eigenvalue weighted by Gasteiger charge is -2.40. The summed E-state index contributed by atoms with van der Waals surface area (Å²) in [6.45, 7) is 2.64. The number of ether oxygens (including phenoxy) is 1. The van der Waals surface area contributed by atoms with E-state index in [1.165, 1.54) is 12.4 Å². The Morgan fingerprint density at radius 3 is 2.55 bits per heavy atom. The van der Waals surface area contributed by atoms with Gasteiger partial charge in [0.25, 0.3) is 5.91 Å². The second kappa shape index (κ2) is 9.73. The fraction of sp³-hybridized carbons (Fsp3) is 0.524. The molecule has 0 saturated carbocycles. The lowest BCUT2D eigenvalue weighted by molar-refractivity contribution is -0.149. The van der Waals surface area contributed by atoms with Gasteiger partial charge >= 0.3 is 0 Å². The quantitative estimate of drug-likeness (QED) is 0.700. The van der Waals surface area contributed by atoms with E-state index in [2.05, 4.69) is 9.88 Å². The van der Waals surface area contributed by atoms with Crippen LogP contribution in [0.2, 0.25) is 0 Å². The topological polar surface area (TPSA) is 97.7 Å². The summed E-state index contributed by atoms with van der Waals surface area (Å²) in [5, 5.41) is 0. The molecule has 8 heteroatoms. The fourth-order valence-corrected chi connectivity index (χ4v) is 3.87. The van der Waals surface area contributed by atoms with Crippen LogP contribution >= 0.6 is 0 Å². The number of nitrogens with two attached hydrogens (primary N) is 2. The number of amides is 1. The van der Waals surface area contributed by atoms with E-state index < -0.39 is 5.67 Å². The van der Waals surface area contributed by atoms with Gasteiger partial charge in [0.1, 0.15) is 6.10 Å². The third kappa shape index (κ3) is 5.47. The lowest BCUT2D eigenvalue weighted by atomic mass is 9.90. The molecule has 2 aliphatic rings. The maximum absolute atomic E-state index is 15.4. The van der Waals surface area contributed by atoms with Crippen molar-refractivity contribution in [2.75, 3.05) is 32.7 Å². The zero-order valence-electron chi connectivity index (χ0n) is 16.7. The molecule has 4 N–H and O–H groups in total. The summed E-state index contributed by atoms with van der Waals surface area (Å²) in [7, 11) is 0. The summed E-state index contributed by atoms with van der Waals surface area (Å²) in [4.78, 5) is 20.8. The molecule has 1 amide bonds. The first-order valence-electron chi connectivity index (χ1n) is 10.1. The smallest absolute Gasteiger partial charge is 0.260 e. The number of hydrogen-bond donors (Lipinski definition) is 2. The average molecular weight is 404 g/mol. The molecule has 1 aromatic heterocycles. The number of likely N-dealkylation sites (tertiary alicyclic amines) is 2. The minimum Gasteiger partial charge on any atom is -0.474 e. The SMILES string of the molecule is N/C=C\C(=C/N)CN1CCC(F)(C(=O)N2CCC(Oc3ccccn3)CC2)CC1. The molecular formula is C21H30FN5O2. The summed E-state index contributed by atoms with van der Waals surface area (Å²) in [6.07, 6.45) is 8.12. The number of alkyl halides is 1. The maximum atomic E-state index is 15.4. The summed E-state index contributed by atoms with van der Waals surface area (Å²) in [5.41, 5.74) is 10.1. The molecule has 1 aromatic rings. The molecule has 3 rings (SSSR count). The number of carbonyl (C=O) groups excluding carboxylic acids is 1. The van der Waals surface area contributed by atoms with Gasteiger partial charge in [-0.2, -0.15) is 0 Å². The number of pyridine rings is 1. The molecule has 0 spiro atoms. The normalized spacial score (nSPS) is 21.4. The van der Waals surface area contributed by atoms with E-state index >= 15 is 4.39 Å². The molecule has 0 aliphatic carbocycles. The molecule has 0 bridgehead atoms. The number of piperidine rings is 2. The van der Waals surface area contributed by atoms with Crippen molar-refractivity contribution in [2.45, 2.75) is 37.5 Å². The second-order valence-electron chi connectivity index (χ2n) is 7.62. The first-order chi connectivity index (χ1) is 14.0. The standard InChI is InChI=1S/C21H30FN5O2/c22-21(7-13-26(14-8-21)16-17(15-24)4-9-23)20(28)27-11-5-18(6-12-27)29-19-3-1-2-10-25-19/h1-4,9-10,15,18H,5-8,11-14,16,23-24H2/b9-4-,17-15+. The van der Waals surface area contributed by atoms with Crippen molar-refractivity contribution in [3.05, 3.63) is 48.4 Å². The minimum absolute atomic E-state index is 0.00318. The van der Waals surface area contributed by atoms with Gasteiger partial charge in [-0.15, -0.1) is 0 Å². The van der Waals surface area contributed by atoms with Crippen molar-refractivity contribution in [1.82, 2.24) is 14.8 Å². The molecule has 0 unspecified atom stereocenters. The van der Waals surface area contributed by atoms with Crippen LogP contribution in [-0.2, 0) is 4.79 Å². The van der Waals surface area contributed by atoms with Crippen molar-refractivity contribution in [3.8, 4) is 5.88 Å². The highest BCUT2D eigenvalue weighted by atomic mass is 19.1. The van der Waals surface area contributed by atoms with Crippen LogP contribution in [0.4, 0.5) is 4.39 Å². The number of nitrogens with zero attached hydrogens (tertiary/aromatic N) is 3. The number of rotatable bonds is 6. The van der Waals surface area contributed by atoms with Crippen LogP contribution in [0.15, 0.2) is 48.4 Å². The molecule has 0 radical (unpaired) electrons. The van der Waals surface area contributed by atoms with E-state index in [0.29, 0.717) is 51.4 Å². The molecule has 2 aliphatic heterocycles. The van der Waals surface area contributed by atoms with Crippen LogP contribution in [0.3, 0.4) is 0 Å². The van der Waals surface area contributed by atoms with Crippen molar-refractivity contribution in [1.29, 1.82) is 0 Å². The van der Waals surface area contributed by atoms with Crippen molar-refractivity contribution in [3.63, 3.8) is 0 Å². The van der Waals surface area contributed by atoms with Gasteiger partial charge in [-0.25, -0.2) is 9.37 Å². The largest absolute Gasteiger partial charge is 0.474 e. The average Bonchev–Trinajstić information content (AvgIpc) is 2.76. The zero-order chi connectivity index (χ0) is 20.7. The zero-order valence-corrected chi connectivity index (χ0v) is 16.7. The van der Waals surface area contributed by atoms with Crippen LogP contribution in [0.5, 0.6) is 5.88 Å². The van der Waals surface area contributed by atoms with Crippen LogP contribution in [0.1, 0.15) is 25.7 Å². The van der Waals surface area contributed by atoms with Crippen molar-refractivity contribution >= 4 is 5.91 Å². The lowest BCUT2D eigenvalue weighted by Crippen LogP contribution is -2.54. The predicted octanol–water partition coefficient (Wildman–Crippen LogP) is 1.57. The van der Waals surface area contributed by atoms with E-state index in [1.54, 1.807) is 17.2 Å². The maximum Gasteiger partial charge on any atom is 0.260 e. The van der Waals surface area contributed by atoms with E-state index in [4.69, 9.17) is 16.2 Å². The number of aromatic nitrogens is 1. The minimum atomic E-state index is -1.79. The summed E-state index contributed by atoms with van der Waals surface area (Å²) in [5.74, 6) is 0.201. The Labute approximate surface area is 171 Å². The van der Waals surface area contributed by atoms with Gasteiger partial charge in [-0.1, -0.05) is 6.07 Å². The third-order valence-electron chi connectivity index (χ3n) is 5.62. The van der Waals surface area contributed by atoms with Crippen LogP contribution in [-0.4, -0.2) is 65.2 Å². The van der Waals surface area contributed by atoms with Crippen LogP contribution < -0.4 is 16.2 Å². The molecule has 2 fully saturated rings. The third-order valence-corrected chi connectivity index (χ3v) is 5.62. The Balaban J connectivity index is 1.47.